The minimum Gasteiger partial charge on any atom is -0.508 e. The molecule has 84 valence electrons. The van der Waals surface area contributed by atoms with Crippen molar-refractivity contribution >= 4 is 0 Å². The molecule has 0 aliphatic rings. The molecule has 1 atom stereocenters. The number of halogens is 1. The Morgan fingerprint density at radius 3 is 2.27 bits per heavy atom. The average Bonchev–Trinajstić information content (AvgIpc) is 2.16. The first-order chi connectivity index (χ1) is 6.97. The lowest BCUT2D eigenvalue weighted by molar-refractivity contribution is 0.453. The van der Waals surface area contributed by atoms with E-state index < -0.39 is 0 Å². The van der Waals surface area contributed by atoms with Crippen molar-refractivity contribution in [2.24, 2.45) is 0 Å². The highest BCUT2D eigenvalue weighted by Crippen LogP contribution is 2.32. The molecule has 0 fully saturated rings. The zero-order chi connectivity index (χ0) is 11.6. The second-order valence-electron chi connectivity index (χ2n) is 4.40. The summed E-state index contributed by atoms with van der Waals surface area (Å²) in [4.78, 5) is 0. The Morgan fingerprint density at radius 2 is 1.80 bits per heavy atom. The molecule has 0 heterocycles. The minimum atomic E-state index is -0.311. The smallest absolute Gasteiger partial charge is 0.130 e. The normalized spacial score (nSPS) is 13.2. The van der Waals surface area contributed by atoms with Crippen LogP contribution < -0.4 is 0 Å². The van der Waals surface area contributed by atoms with Gasteiger partial charge in [0.05, 0.1) is 0 Å². The fraction of sp³-hybridized carbons (Fsp3) is 0.538. The largest absolute Gasteiger partial charge is 0.508 e. The Morgan fingerprint density at radius 1 is 1.20 bits per heavy atom. The van der Waals surface area contributed by atoms with Crippen molar-refractivity contribution in [3.05, 3.63) is 29.1 Å². The molecule has 0 saturated heterocycles. The summed E-state index contributed by atoms with van der Waals surface area (Å²) < 4.78 is 13.5. The van der Waals surface area contributed by atoms with Crippen LogP contribution >= 0.6 is 0 Å². The highest BCUT2D eigenvalue weighted by Gasteiger charge is 2.15. The Bertz CT molecular complexity index is 345. The van der Waals surface area contributed by atoms with Crippen LogP contribution in [-0.2, 0) is 0 Å². The van der Waals surface area contributed by atoms with E-state index >= 15 is 0 Å². The van der Waals surface area contributed by atoms with Gasteiger partial charge in [0.15, 0.2) is 0 Å². The first-order valence-corrected chi connectivity index (χ1v) is 5.49. The summed E-state index contributed by atoms with van der Waals surface area (Å²) >= 11 is 0. The molecule has 15 heavy (non-hydrogen) atoms. The average molecular weight is 210 g/mol. The lowest BCUT2D eigenvalue weighted by atomic mass is 9.92. The first kappa shape index (κ1) is 12.0. The summed E-state index contributed by atoms with van der Waals surface area (Å²) in [6.45, 7) is 8.01. The number of benzene rings is 1. The van der Waals surface area contributed by atoms with E-state index in [-0.39, 0.29) is 23.4 Å². The second kappa shape index (κ2) is 4.65. The summed E-state index contributed by atoms with van der Waals surface area (Å²) in [6, 6.07) is 3.03. The third kappa shape index (κ3) is 2.49. The predicted octanol–water partition coefficient (Wildman–Crippen LogP) is 4.17. The van der Waals surface area contributed by atoms with E-state index in [1.165, 1.54) is 6.07 Å². The van der Waals surface area contributed by atoms with E-state index in [9.17, 15) is 9.50 Å². The molecule has 0 saturated carbocycles. The number of aromatic hydroxyl groups is 1. The van der Waals surface area contributed by atoms with Gasteiger partial charge in [-0.3, -0.25) is 0 Å². The van der Waals surface area contributed by atoms with Gasteiger partial charge in [0.25, 0.3) is 0 Å². The molecule has 1 nitrogen and oxygen atoms in total. The number of hydrogen-bond donors (Lipinski definition) is 1. The molecule has 0 radical (unpaired) electrons. The van der Waals surface area contributed by atoms with Gasteiger partial charge in [0.1, 0.15) is 11.6 Å². The SMILES string of the molecule is CCC(C)c1cc(C(C)C)c(F)cc1O. The molecule has 1 aromatic rings. The van der Waals surface area contributed by atoms with E-state index in [2.05, 4.69) is 6.92 Å². The van der Waals surface area contributed by atoms with E-state index in [0.29, 0.717) is 5.56 Å². The van der Waals surface area contributed by atoms with E-state index in [1.54, 1.807) is 6.07 Å². The van der Waals surface area contributed by atoms with Crippen LogP contribution in [0.3, 0.4) is 0 Å². The molecule has 1 unspecified atom stereocenters. The molecule has 0 spiro atoms. The zero-order valence-corrected chi connectivity index (χ0v) is 9.84. The van der Waals surface area contributed by atoms with Gasteiger partial charge in [-0.25, -0.2) is 4.39 Å². The van der Waals surface area contributed by atoms with E-state index in [1.807, 2.05) is 20.8 Å². The third-order valence-corrected chi connectivity index (χ3v) is 2.91. The predicted molar refractivity (Wildman–Crippen MR) is 60.9 cm³/mol. The van der Waals surface area contributed by atoms with Crippen molar-refractivity contribution in [2.45, 2.75) is 46.0 Å². The number of hydrogen-bond acceptors (Lipinski definition) is 1. The van der Waals surface area contributed by atoms with Crippen molar-refractivity contribution in [2.75, 3.05) is 0 Å². The van der Waals surface area contributed by atoms with E-state index in [4.69, 9.17) is 0 Å². The Balaban J connectivity index is 3.23. The van der Waals surface area contributed by atoms with Crippen molar-refractivity contribution in [3.8, 4) is 5.75 Å². The number of phenols is 1. The second-order valence-corrected chi connectivity index (χ2v) is 4.40. The fourth-order valence-electron chi connectivity index (χ4n) is 1.65. The van der Waals surface area contributed by atoms with Gasteiger partial charge in [-0.1, -0.05) is 27.7 Å². The topological polar surface area (TPSA) is 20.2 Å². The van der Waals surface area contributed by atoms with Crippen LogP contribution in [0.5, 0.6) is 5.75 Å². The molecule has 1 aromatic carbocycles. The maximum Gasteiger partial charge on any atom is 0.130 e. The Labute approximate surface area is 90.9 Å². The van der Waals surface area contributed by atoms with Crippen molar-refractivity contribution in [3.63, 3.8) is 0 Å². The highest BCUT2D eigenvalue weighted by molar-refractivity contribution is 5.40. The Hall–Kier alpha value is -1.05. The zero-order valence-electron chi connectivity index (χ0n) is 9.84. The summed E-state index contributed by atoms with van der Waals surface area (Å²) in [5.74, 6) is 0.178. The van der Waals surface area contributed by atoms with Gasteiger partial charge in [0.2, 0.25) is 0 Å². The lowest BCUT2D eigenvalue weighted by Gasteiger charge is -2.15. The fourth-order valence-corrected chi connectivity index (χ4v) is 1.65. The molecular weight excluding hydrogens is 191 g/mol. The molecule has 0 aliphatic heterocycles. The van der Waals surface area contributed by atoms with Gasteiger partial charge in [-0.2, -0.15) is 0 Å². The van der Waals surface area contributed by atoms with Crippen molar-refractivity contribution in [1.82, 2.24) is 0 Å². The van der Waals surface area contributed by atoms with Crippen LogP contribution in [0.2, 0.25) is 0 Å². The monoisotopic (exact) mass is 210 g/mol. The quantitative estimate of drug-likeness (QED) is 0.793. The minimum absolute atomic E-state index is 0.0752. The van der Waals surface area contributed by atoms with Crippen LogP contribution in [0.4, 0.5) is 4.39 Å². The maximum absolute atomic E-state index is 13.5. The molecule has 1 N–H and O–H groups in total. The van der Waals surface area contributed by atoms with Crippen LogP contribution in [0.25, 0.3) is 0 Å². The molecule has 0 aromatic heterocycles. The standard InChI is InChI=1S/C13H19FO/c1-5-9(4)11-6-10(8(2)3)12(14)7-13(11)15/h6-9,15H,5H2,1-4H3. The maximum atomic E-state index is 13.5. The molecule has 0 aliphatic carbocycles. The third-order valence-electron chi connectivity index (χ3n) is 2.91. The van der Waals surface area contributed by atoms with Gasteiger partial charge < -0.3 is 5.11 Å². The Kier molecular flexibility index (Phi) is 3.72. The first-order valence-electron chi connectivity index (χ1n) is 5.49. The molecule has 0 bridgehead atoms. The highest BCUT2D eigenvalue weighted by atomic mass is 19.1. The summed E-state index contributed by atoms with van der Waals surface area (Å²) in [5, 5.41) is 9.66. The summed E-state index contributed by atoms with van der Waals surface area (Å²) in [7, 11) is 0. The lowest BCUT2D eigenvalue weighted by Crippen LogP contribution is -1.99. The summed E-state index contributed by atoms with van der Waals surface area (Å²) in [5.41, 5.74) is 1.53. The summed E-state index contributed by atoms with van der Waals surface area (Å²) in [6.07, 6.45) is 0.941. The van der Waals surface area contributed by atoms with Crippen LogP contribution in [0, 0.1) is 5.82 Å². The number of phenolic OH excluding ortho intramolecular Hbond substituents is 1. The van der Waals surface area contributed by atoms with Gasteiger partial charge in [0, 0.05) is 6.07 Å². The van der Waals surface area contributed by atoms with Crippen LogP contribution in [-0.4, -0.2) is 5.11 Å². The van der Waals surface area contributed by atoms with Crippen molar-refractivity contribution < 1.29 is 9.50 Å². The molecule has 0 amide bonds. The van der Waals surface area contributed by atoms with E-state index in [0.717, 1.165) is 12.0 Å². The number of rotatable bonds is 3. The van der Waals surface area contributed by atoms with Crippen LogP contribution in [0.1, 0.15) is 57.1 Å². The van der Waals surface area contributed by atoms with Crippen LogP contribution in [0.15, 0.2) is 12.1 Å². The molecule has 2 heteroatoms. The van der Waals surface area contributed by atoms with Gasteiger partial charge in [-0.15, -0.1) is 0 Å². The van der Waals surface area contributed by atoms with Gasteiger partial charge >= 0.3 is 0 Å². The van der Waals surface area contributed by atoms with Gasteiger partial charge in [-0.05, 0) is 35.4 Å². The van der Waals surface area contributed by atoms with Crippen molar-refractivity contribution in [1.29, 1.82) is 0 Å². The molecule has 1 rings (SSSR count). The molecular formula is C13H19FO.